The average Bonchev–Trinajstić information content (AvgIpc) is 2.62. The normalized spacial score (nSPS) is 16.2. The second-order valence-electron chi connectivity index (χ2n) is 6.33. The number of nitrogens with zero attached hydrogens (tertiary/aromatic N) is 1. The van der Waals surface area contributed by atoms with Crippen LogP contribution in [0.4, 0.5) is 0 Å². The fourth-order valence-corrected chi connectivity index (χ4v) is 3.05. The van der Waals surface area contributed by atoms with Gasteiger partial charge in [-0.15, -0.1) is 0 Å². The van der Waals surface area contributed by atoms with E-state index in [0.29, 0.717) is 18.3 Å². The molecule has 2 aromatic carbocycles. The van der Waals surface area contributed by atoms with E-state index in [0.717, 1.165) is 32.5 Å². The molecule has 0 aromatic heterocycles. The third-order valence-electron chi connectivity index (χ3n) is 4.51. The summed E-state index contributed by atoms with van der Waals surface area (Å²) in [6, 6.07) is 17.9. The smallest absolute Gasteiger partial charge is 0.248 e. The van der Waals surface area contributed by atoms with E-state index in [4.69, 9.17) is 10.5 Å². The Morgan fingerprint density at radius 1 is 1.00 bits per heavy atom. The van der Waals surface area contributed by atoms with Crippen molar-refractivity contribution in [2.75, 3.05) is 13.1 Å². The van der Waals surface area contributed by atoms with E-state index in [1.807, 2.05) is 30.3 Å². The molecule has 4 heteroatoms. The summed E-state index contributed by atoms with van der Waals surface area (Å²) < 4.78 is 6.03. The molecule has 1 amide bonds. The first kappa shape index (κ1) is 16.7. The summed E-state index contributed by atoms with van der Waals surface area (Å²) in [5.41, 5.74) is 8.28. The average molecular weight is 324 g/mol. The molecule has 1 aliphatic heterocycles. The van der Waals surface area contributed by atoms with Crippen LogP contribution in [0.15, 0.2) is 54.6 Å². The molecule has 3 rings (SSSR count). The van der Waals surface area contributed by atoms with Gasteiger partial charge >= 0.3 is 0 Å². The Hall–Kier alpha value is -2.17. The second kappa shape index (κ2) is 8.08. The molecule has 0 spiro atoms. The minimum atomic E-state index is -0.377. The number of amides is 1. The fraction of sp³-hybridized carbons (Fsp3) is 0.350. The summed E-state index contributed by atoms with van der Waals surface area (Å²) in [6.45, 7) is 3.68. The highest BCUT2D eigenvalue weighted by molar-refractivity contribution is 5.92. The largest absolute Gasteiger partial charge is 0.373 e. The minimum absolute atomic E-state index is 0.346. The Bertz CT molecular complexity index is 647. The van der Waals surface area contributed by atoms with Crippen LogP contribution in [-0.2, 0) is 17.9 Å². The van der Waals surface area contributed by atoms with Crippen molar-refractivity contribution in [2.24, 2.45) is 5.73 Å². The summed E-state index contributed by atoms with van der Waals surface area (Å²) in [7, 11) is 0. The molecular formula is C20H24N2O2. The summed E-state index contributed by atoms with van der Waals surface area (Å²) in [5, 5.41) is 0. The SMILES string of the molecule is NC(=O)c1ccc(CN2CCC(OCc3ccccc3)CC2)cc1. The van der Waals surface area contributed by atoms with Crippen molar-refractivity contribution in [3.63, 3.8) is 0 Å². The van der Waals surface area contributed by atoms with Crippen molar-refractivity contribution in [1.82, 2.24) is 4.90 Å². The lowest BCUT2D eigenvalue weighted by molar-refractivity contribution is -0.00394. The maximum absolute atomic E-state index is 11.1. The summed E-state index contributed by atoms with van der Waals surface area (Å²) in [4.78, 5) is 13.5. The summed E-state index contributed by atoms with van der Waals surface area (Å²) >= 11 is 0. The first-order valence-electron chi connectivity index (χ1n) is 8.47. The standard InChI is InChI=1S/C20H24N2O2/c21-20(23)18-8-6-16(7-9-18)14-22-12-10-19(11-13-22)24-15-17-4-2-1-3-5-17/h1-9,19H,10-15H2,(H2,21,23). The van der Waals surface area contributed by atoms with E-state index in [1.165, 1.54) is 11.1 Å². The lowest BCUT2D eigenvalue weighted by Gasteiger charge is -2.32. The molecule has 1 aliphatic rings. The topological polar surface area (TPSA) is 55.6 Å². The number of hydrogen-bond acceptors (Lipinski definition) is 3. The molecule has 1 saturated heterocycles. The molecule has 2 aromatic rings. The fourth-order valence-electron chi connectivity index (χ4n) is 3.05. The molecule has 0 unspecified atom stereocenters. The van der Waals surface area contributed by atoms with Crippen LogP contribution in [0.2, 0.25) is 0 Å². The Morgan fingerprint density at radius 3 is 2.29 bits per heavy atom. The van der Waals surface area contributed by atoms with Gasteiger partial charge in [0.25, 0.3) is 0 Å². The van der Waals surface area contributed by atoms with E-state index in [2.05, 4.69) is 17.0 Å². The molecule has 1 fully saturated rings. The van der Waals surface area contributed by atoms with Crippen LogP contribution in [0, 0.1) is 0 Å². The monoisotopic (exact) mass is 324 g/mol. The van der Waals surface area contributed by atoms with Gasteiger partial charge in [0, 0.05) is 25.2 Å². The van der Waals surface area contributed by atoms with E-state index >= 15 is 0 Å². The van der Waals surface area contributed by atoms with Crippen LogP contribution in [-0.4, -0.2) is 30.0 Å². The van der Waals surface area contributed by atoms with E-state index < -0.39 is 0 Å². The van der Waals surface area contributed by atoms with Gasteiger partial charge in [-0.05, 0) is 36.1 Å². The van der Waals surface area contributed by atoms with Gasteiger partial charge in [0.1, 0.15) is 0 Å². The van der Waals surface area contributed by atoms with Gasteiger partial charge in [0.2, 0.25) is 5.91 Å². The lowest BCUT2D eigenvalue weighted by atomic mass is 10.1. The number of likely N-dealkylation sites (tertiary alicyclic amines) is 1. The Kier molecular flexibility index (Phi) is 5.62. The van der Waals surface area contributed by atoms with Gasteiger partial charge in [0.05, 0.1) is 12.7 Å². The third-order valence-corrected chi connectivity index (χ3v) is 4.51. The van der Waals surface area contributed by atoms with Crippen molar-refractivity contribution in [2.45, 2.75) is 32.1 Å². The van der Waals surface area contributed by atoms with Gasteiger partial charge in [-0.3, -0.25) is 9.69 Å². The molecule has 0 aliphatic carbocycles. The van der Waals surface area contributed by atoms with Crippen molar-refractivity contribution in [3.05, 3.63) is 71.3 Å². The minimum Gasteiger partial charge on any atom is -0.373 e. The van der Waals surface area contributed by atoms with Crippen molar-refractivity contribution >= 4 is 5.91 Å². The Balaban J connectivity index is 1.42. The molecule has 126 valence electrons. The van der Waals surface area contributed by atoms with Crippen molar-refractivity contribution in [3.8, 4) is 0 Å². The zero-order valence-electron chi connectivity index (χ0n) is 13.9. The molecule has 2 N–H and O–H groups in total. The number of benzene rings is 2. The zero-order chi connectivity index (χ0) is 16.8. The van der Waals surface area contributed by atoms with E-state index in [-0.39, 0.29) is 5.91 Å². The zero-order valence-corrected chi connectivity index (χ0v) is 13.9. The molecule has 1 heterocycles. The first-order valence-corrected chi connectivity index (χ1v) is 8.47. The number of piperidine rings is 1. The second-order valence-corrected chi connectivity index (χ2v) is 6.33. The van der Waals surface area contributed by atoms with Crippen LogP contribution < -0.4 is 5.73 Å². The molecule has 0 atom stereocenters. The number of primary amides is 1. The highest BCUT2D eigenvalue weighted by Gasteiger charge is 2.19. The van der Waals surface area contributed by atoms with Gasteiger partial charge in [0.15, 0.2) is 0 Å². The Labute approximate surface area is 143 Å². The maximum Gasteiger partial charge on any atom is 0.248 e. The van der Waals surface area contributed by atoms with Crippen LogP contribution in [0.25, 0.3) is 0 Å². The molecule has 0 bridgehead atoms. The van der Waals surface area contributed by atoms with Crippen LogP contribution in [0.3, 0.4) is 0 Å². The summed E-state index contributed by atoms with van der Waals surface area (Å²) in [6.07, 6.45) is 2.47. The number of ether oxygens (including phenoxy) is 1. The van der Waals surface area contributed by atoms with E-state index in [9.17, 15) is 4.79 Å². The number of rotatable bonds is 6. The molecular weight excluding hydrogens is 300 g/mol. The van der Waals surface area contributed by atoms with Gasteiger partial charge in [-0.2, -0.15) is 0 Å². The lowest BCUT2D eigenvalue weighted by Crippen LogP contribution is -2.36. The Morgan fingerprint density at radius 2 is 1.67 bits per heavy atom. The first-order chi connectivity index (χ1) is 11.7. The molecule has 24 heavy (non-hydrogen) atoms. The number of nitrogens with two attached hydrogens (primary N) is 1. The van der Waals surface area contributed by atoms with Gasteiger partial charge in [-0.1, -0.05) is 42.5 Å². The number of carbonyl (C=O) groups is 1. The van der Waals surface area contributed by atoms with Gasteiger partial charge < -0.3 is 10.5 Å². The molecule has 0 saturated carbocycles. The van der Waals surface area contributed by atoms with E-state index in [1.54, 1.807) is 12.1 Å². The van der Waals surface area contributed by atoms with Gasteiger partial charge in [-0.25, -0.2) is 0 Å². The van der Waals surface area contributed by atoms with Crippen LogP contribution in [0.1, 0.15) is 34.3 Å². The highest BCUT2D eigenvalue weighted by atomic mass is 16.5. The number of hydrogen-bond donors (Lipinski definition) is 1. The predicted molar refractivity (Wildman–Crippen MR) is 94.5 cm³/mol. The third kappa shape index (κ3) is 4.66. The van der Waals surface area contributed by atoms with Crippen molar-refractivity contribution < 1.29 is 9.53 Å². The molecule has 0 radical (unpaired) electrons. The summed E-state index contributed by atoms with van der Waals surface area (Å²) in [5.74, 6) is -0.377. The van der Waals surface area contributed by atoms with Crippen molar-refractivity contribution in [1.29, 1.82) is 0 Å². The highest BCUT2D eigenvalue weighted by Crippen LogP contribution is 2.18. The number of carbonyl (C=O) groups excluding carboxylic acids is 1. The molecule has 4 nitrogen and oxygen atoms in total. The predicted octanol–water partition coefficient (Wildman–Crippen LogP) is 2.97. The quantitative estimate of drug-likeness (QED) is 0.889. The maximum atomic E-state index is 11.1. The van der Waals surface area contributed by atoms with Crippen LogP contribution in [0.5, 0.6) is 0 Å². The van der Waals surface area contributed by atoms with Crippen LogP contribution >= 0.6 is 0 Å².